The van der Waals surface area contributed by atoms with Crippen LogP contribution in [0.5, 0.6) is 0 Å². The highest BCUT2D eigenvalue weighted by atomic mass is 15.0. The van der Waals surface area contributed by atoms with Gasteiger partial charge in [-0.2, -0.15) is 0 Å². The fourth-order valence-corrected chi connectivity index (χ4v) is 6.70. The van der Waals surface area contributed by atoms with Crippen LogP contribution in [0.3, 0.4) is 0 Å². The van der Waals surface area contributed by atoms with Crippen molar-refractivity contribution in [1.29, 1.82) is 0 Å². The summed E-state index contributed by atoms with van der Waals surface area (Å²) in [7, 11) is 0. The normalized spacial score (nSPS) is 13.1. The topological polar surface area (TPSA) is 4.93 Å². The molecule has 1 nitrogen and oxygen atoms in total. The number of aromatic nitrogens is 1. The number of para-hydroxylation sites is 1. The predicted octanol–water partition coefficient (Wildman–Crippen LogP) is 11.7. The molecular weight excluding hydrogens is 542 g/mol. The average Bonchev–Trinajstić information content (AvgIpc) is 3.67. The summed E-state index contributed by atoms with van der Waals surface area (Å²) in [6.07, 6.45) is 10.0. The van der Waals surface area contributed by atoms with Gasteiger partial charge in [0.05, 0.1) is 11.0 Å². The highest BCUT2D eigenvalue weighted by molar-refractivity contribution is 6.10. The molecule has 8 rings (SSSR count). The van der Waals surface area contributed by atoms with Crippen molar-refractivity contribution in [1.82, 2.24) is 4.57 Å². The van der Waals surface area contributed by atoms with Crippen molar-refractivity contribution in [2.75, 3.05) is 0 Å². The Hall–Kier alpha value is -5.66. The maximum atomic E-state index is 2.39. The molecule has 0 unspecified atom stereocenters. The van der Waals surface area contributed by atoms with Gasteiger partial charge < -0.3 is 4.57 Å². The molecule has 0 amide bonds. The summed E-state index contributed by atoms with van der Waals surface area (Å²) in [6.45, 7) is 2.10. The Labute approximate surface area is 264 Å². The van der Waals surface area contributed by atoms with Crippen LogP contribution < -0.4 is 0 Å². The van der Waals surface area contributed by atoms with Crippen LogP contribution >= 0.6 is 0 Å². The molecule has 0 radical (unpaired) electrons. The summed E-state index contributed by atoms with van der Waals surface area (Å²) in [4.78, 5) is 0. The van der Waals surface area contributed by atoms with E-state index in [1.807, 2.05) is 0 Å². The van der Waals surface area contributed by atoms with Crippen LogP contribution in [0.1, 0.15) is 23.6 Å². The molecule has 6 aromatic carbocycles. The van der Waals surface area contributed by atoms with Crippen molar-refractivity contribution in [2.45, 2.75) is 13.3 Å². The first kappa shape index (κ1) is 26.9. The first-order valence-corrected chi connectivity index (χ1v) is 15.7. The van der Waals surface area contributed by atoms with Crippen LogP contribution in [0.2, 0.25) is 0 Å². The van der Waals surface area contributed by atoms with E-state index in [1.54, 1.807) is 0 Å². The predicted molar refractivity (Wildman–Crippen MR) is 193 cm³/mol. The first-order chi connectivity index (χ1) is 22.2. The molecule has 1 aliphatic rings. The van der Waals surface area contributed by atoms with Crippen LogP contribution in [0, 0.1) is 0 Å². The van der Waals surface area contributed by atoms with Gasteiger partial charge in [0.2, 0.25) is 0 Å². The zero-order valence-electron chi connectivity index (χ0n) is 25.3. The van der Waals surface area contributed by atoms with Gasteiger partial charge in [-0.15, -0.1) is 0 Å². The summed E-state index contributed by atoms with van der Waals surface area (Å²) < 4.78 is 2.39. The molecule has 0 saturated carbocycles. The molecule has 1 aromatic heterocycles. The largest absolute Gasteiger partial charge is 0.309 e. The lowest BCUT2D eigenvalue weighted by molar-refractivity contribution is 1.18. The Morgan fingerprint density at radius 2 is 1.22 bits per heavy atom. The van der Waals surface area contributed by atoms with Gasteiger partial charge in [0.15, 0.2) is 0 Å². The Morgan fingerprint density at radius 3 is 2.02 bits per heavy atom. The number of benzene rings is 6. The highest BCUT2D eigenvalue weighted by Crippen LogP contribution is 2.37. The van der Waals surface area contributed by atoms with Gasteiger partial charge in [-0.25, -0.2) is 0 Å². The van der Waals surface area contributed by atoms with Crippen LogP contribution in [0.25, 0.3) is 61.4 Å². The van der Waals surface area contributed by atoms with Gasteiger partial charge >= 0.3 is 0 Å². The molecule has 0 N–H and O–H groups in total. The molecule has 1 aliphatic carbocycles. The number of rotatable bonds is 6. The van der Waals surface area contributed by atoms with E-state index in [4.69, 9.17) is 0 Å². The van der Waals surface area contributed by atoms with Crippen molar-refractivity contribution in [2.24, 2.45) is 0 Å². The third kappa shape index (κ3) is 5.03. The Bertz CT molecular complexity index is 2260. The second-order valence-electron chi connectivity index (χ2n) is 11.8. The van der Waals surface area contributed by atoms with E-state index in [0.717, 1.165) is 6.42 Å². The summed E-state index contributed by atoms with van der Waals surface area (Å²) in [5.41, 5.74) is 15.1. The summed E-state index contributed by atoms with van der Waals surface area (Å²) in [6, 6.07) is 52.7. The smallest absolute Gasteiger partial charge is 0.0541 e. The quantitative estimate of drug-likeness (QED) is 0.174. The fraction of sp³-hybridized carbons (Fsp3) is 0.0455. The zero-order chi connectivity index (χ0) is 30.2. The lowest BCUT2D eigenvalue weighted by atomic mass is 9.99. The molecule has 0 atom stereocenters. The molecular formula is C44H33N. The van der Waals surface area contributed by atoms with Crippen molar-refractivity contribution < 1.29 is 0 Å². The summed E-state index contributed by atoms with van der Waals surface area (Å²) >= 11 is 0. The maximum Gasteiger partial charge on any atom is 0.0541 e. The fourth-order valence-electron chi connectivity index (χ4n) is 6.70. The minimum atomic E-state index is 0.966. The SMILES string of the molecule is C/C=C(\C=C/C1=Cc2cc(-c3ccc4c(c3)c3ccccc3n4-c3ccc(-c4ccccc4)cc3)ccc2C1)c1ccccc1. The third-order valence-corrected chi connectivity index (χ3v) is 9.01. The summed E-state index contributed by atoms with van der Waals surface area (Å²) in [5, 5.41) is 2.54. The van der Waals surface area contributed by atoms with Gasteiger partial charge in [0.1, 0.15) is 0 Å². The standard InChI is InChI=1S/C44H33N/c1-2-32(33-11-5-3-6-12-33)18-17-31-27-36-19-20-37(29-39(36)28-31)38-23-26-44-42(30-38)41-15-9-10-16-43(41)45(44)40-24-21-35(22-25-40)34-13-7-4-8-14-34/h2-26,28-30H,27H2,1H3/b18-17-,32-2+. The van der Waals surface area contributed by atoms with Gasteiger partial charge in [-0.1, -0.05) is 133 Å². The molecule has 214 valence electrons. The van der Waals surface area contributed by atoms with Crippen LogP contribution in [-0.2, 0) is 6.42 Å². The van der Waals surface area contributed by atoms with Gasteiger partial charge in [-0.3, -0.25) is 0 Å². The molecule has 0 bridgehead atoms. The number of nitrogens with zero attached hydrogens (tertiary/aromatic N) is 1. The molecule has 0 fully saturated rings. The summed E-state index contributed by atoms with van der Waals surface area (Å²) in [5.74, 6) is 0. The second-order valence-corrected chi connectivity index (χ2v) is 11.8. The lowest BCUT2D eigenvalue weighted by Crippen LogP contribution is -1.93. The monoisotopic (exact) mass is 575 g/mol. The number of fused-ring (bicyclic) bond motifs is 4. The van der Waals surface area contributed by atoms with Crippen molar-refractivity contribution in [3.05, 3.63) is 186 Å². The van der Waals surface area contributed by atoms with E-state index in [1.165, 1.54) is 77.6 Å². The van der Waals surface area contributed by atoms with E-state index in [0.29, 0.717) is 0 Å². The molecule has 45 heavy (non-hydrogen) atoms. The Kier molecular flexibility index (Phi) is 6.85. The van der Waals surface area contributed by atoms with E-state index in [-0.39, 0.29) is 0 Å². The molecule has 1 heteroatoms. The maximum absolute atomic E-state index is 2.39. The third-order valence-electron chi connectivity index (χ3n) is 9.01. The molecule has 0 aliphatic heterocycles. The van der Waals surface area contributed by atoms with Crippen molar-refractivity contribution in [3.63, 3.8) is 0 Å². The average molecular weight is 576 g/mol. The molecule has 1 heterocycles. The minimum absolute atomic E-state index is 0.966. The number of hydrogen-bond acceptors (Lipinski definition) is 0. The first-order valence-electron chi connectivity index (χ1n) is 15.7. The van der Waals surface area contributed by atoms with Crippen molar-refractivity contribution in [3.8, 4) is 27.9 Å². The van der Waals surface area contributed by atoms with Crippen molar-refractivity contribution >= 4 is 33.5 Å². The van der Waals surface area contributed by atoms with Gasteiger partial charge in [0.25, 0.3) is 0 Å². The van der Waals surface area contributed by atoms with E-state index < -0.39 is 0 Å². The number of hydrogen-bond donors (Lipinski definition) is 0. The molecule has 7 aromatic rings. The Balaban J connectivity index is 1.13. The number of allylic oxidation sites excluding steroid dienone is 5. The Morgan fingerprint density at radius 1 is 0.578 bits per heavy atom. The van der Waals surface area contributed by atoms with Gasteiger partial charge in [0, 0.05) is 16.5 Å². The second kappa shape index (κ2) is 11.4. The van der Waals surface area contributed by atoms with E-state index in [2.05, 4.69) is 181 Å². The van der Waals surface area contributed by atoms with Crippen LogP contribution in [-0.4, -0.2) is 4.57 Å². The van der Waals surface area contributed by atoms with Crippen LogP contribution in [0.4, 0.5) is 0 Å². The van der Waals surface area contributed by atoms with Crippen LogP contribution in [0.15, 0.2) is 169 Å². The van der Waals surface area contributed by atoms with Gasteiger partial charge in [-0.05, 0) is 99.8 Å². The van der Waals surface area contributed by atoms with E-state index in [9.17, 15) is 0 Å². The highest BCUT2D eigenvalue weighted by Gasteiger charge is 2.15. The van der Waals surface area contributed by atoms with E-state index >= 15 is 0 Å². The molecule has 0 saturated heterocycles. The molecule has 0 spiro atoms. The zero-order valence-corrected chi connectivity index (χ0v) is 25.3. The lowest BCUT2D eigenvalue weighted by Gasteiger charge is -2.10. The minimum Gasteiger partial charge on any atom is -0.309 e.